The van der Waals surface area contributed by atoms with Crippen molar-refractivity contribution in [2.24, 2.45) is 11.5 Å². The van der Waals surface area contributed by atoms with E-state index in [1.807, 2.05) is 36.4 Å². The van der Waals surface area contributed by atoms with Crippen LogP contribution in [0.25, 0.3) is 10.8 Å². The van der Waals surface area contributed by atoms with E-state index < -0.39 is 18.1 Å². The van der Waals surface area contributed by atoms with Gasteiger partial charge in [0.15, 0.2) is 5.78 Å². The lowest BCUT2D eigenvalue weighted by Crippen LogP contribution is -2.33. The highest BCUT2D eigenvalue weighted by Crippen LogP contribution is 2.20. The third-order valence-corrected chi connectivity index (χ3v) is 3.74. The highest BCUT2D eigenvalue weighted by molar-refractivity contribution is 6.10. The van der Waals surface area contributed by atoms with Gasteiger partial charge in [-0.2, -0.15) is 0 Å². The van der Waals surface area contributed by atoms with Crippen molar-refractivity contribution >= 4 is 22.5 Å². The summed E-state index contributed by atoms with van der Waals surface area (Å²) in [6, 6.07) is 11.7. The Morgan fingerprint density at radius 3 is 2.32 bits per heavy atom. The number of hydrogen-bond donors (Lipinski definition) is 3. The van der Waals surface area contributed by atoms with Crippen LogP contribution < -0.4 is 11.5 Å². The molecule has 2 atom stereocenters. The Hall–Kier alpha value is -2.24. The fourth-order valence-corrected chi connectivity index (χ4v) is 2.45. The molecule has 5 heteroatoms. The Morgan fingerprint density at radius 2 is 1.59 bits per heavy atom. The van der Waals surface area contributed by atoms with E-state index in [2.05, 4.69) is 0 Å². The predicted molar refractivity (Wildman–Crippen MR) is 85.7 cm³/mol. The lowest BCUT2D eigenvalue weighted by Gasteiger charge is -2.13. The molecule has 2 rings (SSSR count). The zero-order valence-corrected chi connectivity index (χ0v) is 12.2. The van der Waals surface area contributed by atoms with Gasteiger partial charge in [-0.3, -0.25) is 9.59 Å². The van der Waals surface area contributed by atoms with Crippen LogP contribution in [0.4, 0.5) is 0 Å². The maximum Gasteiger partial charge on any atom is 0.320 e. The van der Waals surface area contributed by atoms with Gasteiger partial charge in [-0.15, -0.1) is 0 Å². The summed E-state index contributed by atoms with van der Waals surface area (Å²) < 4.78 is 0. The Balaban J connectivity index is 2.05. The fraction of sp³-hybridized carbons (Fsp3) is 0.294. The number of benzene rings is 2. The van der Waals surface area contributed by atoms with Crippen molar-refractivity contribution in [1.29, 1.82) is 0 Å². The summed E-state index contributed by atoms with van der Waals surface area (Å²) in [5, 5.41) is 10.6. The van der Waals surface area contributed by atoms with Crippen molar-refractivity contribution in [3.63, 3.8) is 0 Å². The number of carbonyl (C=O) groups excluding carboxylic acids is 1. The highest BCUT2D eigenvalue weighted by Gasteiger charge is 2.19. The largest absolute Gasteiger partial charge is 0.480 e. The molecule has 0 saturated carbocycles. The smallest absolute Gasteiger partial charge is 0.320 e. The van der Waals surface area contributed by atoms with Gasteiger partial charge in [-0.25, -0.2) is 0 Å². The maximum atomic E-state index is 12.5. The molecular formula is C17H20N2O3. The first-order chi connectivity index (χ1) is 10.5. The van der Waals surface area contributed by atoms with Crippen LogP contribution in [0.2, 0.25) is 0 Å². The molecule has 22 heavy (non-hydrogen) atoms. The molecule has 5 N–H and O–H groups in total. The van der Waals surface area contributed by atoms with Gasteiger partial charge in [-0.1, -0.05) is 42.5 Å². The van der Waals surface area contributed by atoms with Gasteiger partial charge < -0.3 is 16.6 Å². The van der Waals surface area contributed by atoms with Crippen LogP contribution in [0.5, 0.6) is 0 Å². The van der Waals surface area contributed by atoms with Crippen LogP contribution in [-0.4, -0.2) is 28.9 Å². The molecule has 0 fully saturated rings. The number of fused-ring (bicyclic) bond motifs is 1. The van der Waals surface area contributed by atoms with Crippen LogP contribution in [0.15, 0.2) is 42.5 Å². The van der Waals surface area contributed by atoms with E-state index in [0.717, 1.165) is 10.8 Å². The van der Waals surface area contributed by atoms with Crippen molar-refractivity contribution < 1.29 is 14.7 Å². The summed E-state index contributed by atoms with van der Waals surface area (Å²) in [6.45, 7) is 0. The Bertz CT molecular complexity index is 679. The van der Waals surface area contributed by atoms with E-state index in [1.165, 1.54) is 0 Å². The number of ketones is 1. The van der Waals surface area contributed by atoms with Gasteiger partial charge in [-0.05, 0) is 30.0 Å². The number of aliphatic carboxylic acids is 1. The number of Topliss-reactive ketones (excluding diaryl/α,β-unsaturated/α-hetero) is 1. The number of carbonyl (C=O) groups is 2. The van der Waals surface area contributed by atoms with Crippen molar-refractivity contribution in [2.75, 3.05) is 0 Å². The summed E-state index contributed by atoms with van der Waals surface area (Å²) in [4.78, 5) is 23.1. The zero-order valence-electron chi connectivity index (χ0n) is 12.2. The normalized spacial score (nSPS) is 13.7. The average Bonchev–Trinajstić information content (AvgIpc) is 2.53. The molecule has 0 saturated heterocycles. The van der Waals surface area contributed by atoms with E-state index in [1.54, 1.807) is 6.07 Å². The van der Waals surface area contributed by atoms with Gasteiger partial charge >= 0.3 is 5.97 Å². The van der Waals surface area contributed by atoms with Gasteiger partial charge in [0, 0.05) is 5.56 Å². The second-order valence-corrected chi connectivity index (χ2v) is 5.37. The second-order valence-electron chi connectivity index (χ2n) is 5.37. The van der Waals surface area contributed by atoms with E-state index in [0.29, 0.717) is 24.8 Å². The minimum Gasteiger partial charge on any atom is -0.480 e. The number of rotatable bonds is 7. The fourth-order valence-electron chi connectivity index (χ4n) is 2.45. The van der Waals surface area contributed by atoms with Crippen molar-refractivity contribution in [2.45, 2.75) is 31.3 Å². The van der Waals surface area contributed by atoms with Gasteiger partial charge in [0.25, 0.3) is 0 Å². The van der Waals surface area contributed by atoms with Crippen LogP contribution in [0.1, 0.15) is 29.6 Å². The third kappa shape index (κ3) is 3.69. The van der Waals surface area contributed by atoms with E-state index in [4.69, 9.17) is 16.6 Å². The molecule has 0 amide bonds. The number of carboxylic acid groups (broad SMARTS) is 1. The lowest BCUT2D eigenvalue weighted by molar-refractivity contribution is -0.138. The molecule has 0 spiro atoms. The number of nitrogens with two attached hydrogens (primary N) is 2. The number of carboxylic acids is 1. The van der Waals surface area contributed by atoms with E-state index in [-0.39, 0.29) is 5.78 Å². The first kappa shape index (κ1) is 16.1. The molecular weight excluding hydrogens is 280 g/mol. The molecule has 2 aromatic carbocycles. The van der Waals surface area contributed by atoms with Crippen molar-refractivity contribution in [1.82, 2.24) is 0 Å². The van der Waals surface area contributed by atoms with Crippen LogP contribution >= 0.6 is 0 Å². The van der Waals surface area contributed by atoms with Crippen molar-refractivity contribution in [3.8, 4) is 0 Å². The zero-order chi connectivity index (χ0) is 16.1. The Labute approximate surface area is 128 Å². The SMILES string of the molecule is NC(CCC[C@H](N)C(=O)O)C(=O)c1cccc2ccccc12. The lowest BCUT2D eigenvalue weighted by atomic mass is 9.95. The molecule has 0 aliphatic carbocycles. The Kier molecular flexibility index (Phi) is 5.25. The minimum absolute atomic E-state index is 0.124. The van der Waals surface area contributed by atoms with Crippen LogP contribution in [-0.2, 0) is 4.79 Å². The third-order valence-electron chi connectivity index (χ3n) is 3.74. The van der Waals surface area contributed by atoms with Crippen LogP contribution in [0, 0.1) is 0 Å². The molecule has 0 aliphatic heterocycles. The highest BCUT2D eigenvalue weighted by atomic mass is 16.4. The molecule has 5 nitrogen and oxygen atoms in total. The molecule has 0 heterocycles. The molecule has 0 aliphatic rings. The monoisotopic (exact) mass is 300 g/mol. The average molecular weight is 300 g/mol. The first-order valence-corrected chi connectivity index (χ1v) is 7.26. The maximum absolute atomic E-state index is 12.5. The molecule has 2 aromatic rings. The van der Waals surface area contributed by atoms with Gasteiger partial charge in [0.1, 0.15) is 6.04 Å². The summed E-state index contributed by atoms with van der Waals surface area (Å²) in [5.41, 5.74) is 12.0. The Morgan fingerprint density at radius 1 is 0.955 bits per heavy atom. The standard InChI is InChI=1S/C17H20N2O3/c18-14(9-4-10-15(19)17(21)22)16(20)13-8-3-6-11-5-1-2-7-12(11)13/h1-3,5-8,14-15H,4,9-10,18-19H2,(H,21,22)/t14?,15-/m0/s1. The minimum atomic E-state index is -1.03. The van der Waals surface area contributed by atoms with Crippen LogP contribution in [0.3, 0.4) is 0 Å². The van der Waals surface area contributed by atoms with Gasteiger partial charge in [0.2, 0.25) is 0 Å². The van der Waals surface area contributed by atoms with E-state index in [9.17, 15) is 9.59 Å². The topological polar surface area (TPSA) is 106 Å². The predicted octanol–water partition coefficient (Wildman–Crippen LogP) is 1.93. The molecule has 0 aromatic heterocycles. The van der Waals surface area contributed by atoms with E-state index >= 15 is 0 Å². The molecule has 1 unspecified atom stereocenters. The molecule has 0 bridgehead atoms. The summed E-state index contributed by atoms with van der Waals surface area (Å²) in [7, 11) is 0. The number of hydrogen-bond acceptors (Lipinski definition) is 4. The quantitative estimate of drug-likeness (QED) is 0.677. The summed E-state index contributed by atoms with van der Waals surface area (Å²) in [6.07, 6.45) is 1.24. The summed E-state index contributed by atoms with van der Waals surface area (Å²) >= 11 is 0. The van der Waals surface area contributed by atoms with Gasteiger partial charge in [0.05, 0.1) is 6.04 Å². The molecule has 0 radical (unpaired) electrons. The first-order valence-electron chi connectivity index (χ1n) is 7.26. The summed E-state index contributed by atoms with van der Waals surface area (Å²) in [5.74, 6) is -1.16. The molecule has 116 valence electrons. The second kappa shape index (κ2) is 7.15. The van der Waals surface area contributed by atoms with Crippen molar-refractivity contribution in [3.05, 3.63) is 48.0 Å².